The summed E-state index contributed by atoms with van der Waals surface area (Å²) in [5.74, 6) is 0.148. The first-order valence-corrected chi connectivity index (χ1v) is 7.11. The van der Waals surface area contributed by atoms with E-state index in [1.165, 1.54) is 0 Å². The molecule has 0 bridgehead atoms. The Morgan fingerprint density at radius 2 is 1.52 bits per heavy atom. The molecular formula is C18H21NO2. The molecule has 21 heavy (non-hydrogen) atoms. The lowest BCUT2D eigenvalue weighted by Crippen LogP contribution is -2.33. The van der Waals surface area contributed by atoms with E-state index < -0.39 is 0 Å². The van der Waals surface area contributed by atoms with E-state index in [2.05, 4.69) is 0 Å². The van der Waals surface area contributed by atoms with Gasteiger partial charge in [0.05, 0.1) is 12.0 Å². The number of phenolic OH excluding ortho intramolecular Hbond substituents is 1. The number of hydrogen-bond acceptors (Lipinski definition) is 2. The summed E-state index contributed by atoms with van der Waals surface area (Å²) < 4.78 is 0. The van der Waals surface area contributed by atoms with Gasteiger partial charge in [-0.15, -0.1) is 0 Å². The maximum atomic E-state index is 12.6. The number of hydrogen-bond donors (Lipinski definition) is 1. The van der Waals surface area contributed by atoms with Crippen LogP contribution in [-0.2, 0) is 4.79 Å². The monoisotopic (exact) mass is 283 g/mol. The van der Waals surface area contributed by atoms with E-state index in [1.807, 2.05) is 63.4 Å². The lowest BCUT2D eigenvalue weighted by Gasteiger charge is -2.28. The van der Waals surface area contributed by atoms with Crippen molar-refractivity contribution in [2.45, 2.75) is 25.8 Å². The first-order valence-electron chi connectivity index (χ1n) is 7.11. The van der Waals surface area contributed by atoms with Gasteiger partial charge in [-0.25, -0.2) is 0 Å². The Kier molecular flexibility index (Phi) is 4.63. The van der Waals surface area contributed by atoms with Gasteiger partial charge in [0.15, 0.2) is 0 Å². The fourth-order valence-corrected chi connectivity index (χ4v) is 2.36. The molecule has 1 N–H and O–H groups in total. The molecule has 2 aromatic carbocycles. The summed E-state index contributed by atoms with van der Waals surface area (Å²) in [5, 5.41) is 9.34. The van der Waals surface area contributed by atoms with Gasteiger partial charge in [-0.1, -0.05) is 42.5 Å². The predicted octanol–water partition coefficient (Wildman–Crippen LogP) is 3.72. The highest BCUT2D eigenvalue weighted by atomic mass is 16.3. The molecule has 0 heterocycles. The molecule has 0 saturated heterocycles. The van der Waals surface area contributed by atoms with E-state index in [0.29, 0.717) is 0 Å². The molecule has 2 aromatic rings. The van der Waals surface area contributed by atoms with Crippen molar-refractivity contribution in [1.82, 2.24) is 4.90 Å². The molecule has 3 heteroatoms. The second-order valence-electron chi connectivity index (χ2n) is 5.35. The van der Waals surface area contributed by atoms with Crippen LogP contribution in [0.25, 0.3) is 0 Å². The van der Waals surface area contributed by atoms with Crippen molar-refractivity contribution in [3.05, 3.63) is 65.7 Å². The lowest BCUT2D eigenvalue weighted by atomic mass is 9.98. The van der Waals surface area contributed by atoms with E-state index in [-0.39, 0.29) is 23.6 Å². The number of benzene rings is 2. The van der Waals surface area contributed by atoms with Gasteiger partial charge in [-0.2, -0.15) is 0 Å². The van der Waals surface area contributed by atoms with Gasteiger partial charge in [0.1, 0.15) is 5.75 Å². The van der Waals surface area contributed by atoms with Crippen LogP contribution in [0.3, 0.4) is 0 Å². The van der Waals surface area contributed by atoms with Crippen LogP contribution in [-0.4, -0.2) is 23.0 Å². The number of nitrogens with zero attached hydrogens (tertiary/aromatic N) is 1. The van der Waals surface area contributed by atoms with E-state index in [1.54, 1.807) is 17.0 Å². The van der Waals surface area contributed by atoms with Crippen LogP contribution < -0.4 is 0 Å². The topological polar surface area (TPSA) is 40.5 Å². The highest BCUT2D eigenvalue weighted by Gasteiger charge is 2.23. The summed E-state index contributed by atoms with van der Waals surface area (Å²) in [6.07, 6.45) is 0. The van der Waals surface area contributed by atoms with E-state index in [9.17, 15) is 9.90 Å². The summed E-state index contributed by atoms with van der Waals surface area (Å²) in [6.45, 7) is 3.92. The average molecular weight is 283 g/mol. The van der Waals surface area contributed by atoms with E-state index >= 15 is 0 Å². The zero-order valence-electron chi connectivity index (χ0n) is 12.7. The SMILES string of the molecule is CC(C(=O)N(C)C(C)c1ccc(O)cc1)c1ccccc1. The predicted molar refractivity (Wildman–Crippen MR) is 84.1 cm³/mol. The van der Waals surface area contributed by atoms with E-state index in [4.69, 9.17) is 0 Å². The molecule has 0 saturated carbocycles. The maximum Gasteiger partial charge on any atom is 0.230 e. The highest BCUT2D eigenvalue weighted by Crippen LogP contribution is 2.25. The van der Waals surface area contributed by atoms with Crippen LogP contribution in [0, 0.1) is 0 Å². The fourth-order valence-electron chi connectivity index (χ4n) is 2.36. The zero-order valence-corrected chi connectivity index (χ0v) is 12.7. The fraction of sp³-hybridized carbons (Fsp3) is 0.278. The van der Waals surface area contributed by atoms with Crippen LogP contribution >= 0.6 is 0 Å². The number of likely N-dealkylation sites (N-methyl/N-ethyl adjacent to an activating group) is 1. The van der Waals surface area contributed by atoms with Gasteiger partial charge < -0.3 is 10.0 Å². The Hall–Kier alpha value is -2.29. The summed E-state index contributed by atoms with van der Waals surface area (Å²) in [6, 6.07) is 16.7. The number of amides is 1. The van der Waals surface area contributed by atoms with Gasteiger partial charge >= 0.3 is 0 Å². The van der Waals surface area contributed by atoms with Gasteiger partial charge in [0.25, 0.3) is 0 Å². The average Bonchev–Trinajstić information content (AvgIpc) is 2.53. The molecule has 2 atom stereocenters. The Balaban J connectivity index is 2.13. The minimum Gasteiger partial charge on any atom is -0.508 e. The lowest BCUT2D eigenvalue weighted by molar-refractivity contribution is -0.133. The minimum atomic E-state index is -0.171. The molecule has 0 aliphatic heterocycles. The molecule has 0 fully saturated rings. The molecule has 0 aromatic heterocycles. The molecule has 0 spiro atoms. The van der Waals surface area contributed by atoms with Crippen molar-refractivity contribution in [3.63, 3.8) is 0 Å². The smallest absolute Gasteiger partial charge is 0.230 e. The summed E-state index contributed by atoms with van der Waals surface area (Å²) in [7, 11) is 1.82. The second kappa shape index (κ2) is 6.44. The van der Waals surface area contributed by atoms with Crippen molar-refractivity contribution < 1.29 is 9.90 Å². The van der Waals surface area contributed by atoms with Crippen LogP contribution in [0.4, 0.5) is 0 Å². The molecule has 3 nitrogen and oxygen atoms in total. The van der Waals surface area contributed by atoms with Gasteiger partial charge in [0, 0.05) is 7.05 Å². The highest BCUT2D eigenvalue weighted by molar-refractivity contribution is 5.83. The minimum absolute atomic E-state index is 0.0377. The maximum absolute atomic E-state index is 12.6. The third kappa shape index (κ3) is 3.43. The molecule has 1 amide bonds. The van der Waals surface area contributed by atoms with Gasteiger partial charge in [-0.3, -0.25) is 4.79 Å². The third-order valence-electron chi connectivity index (χ3n) is 3.97. The number of phenols is 1. The normalized spacial score (nSPS) is 13.5. The summed E-state index contributed by atoms with van der Waals surface area (Å²) >= 11 is 0. The van der Waals surface area contributed by atoms with Crippen LogP contribution in [0.5, 0.6) is 5.75 Å². The molecule has 2 rings (SSSR count). The second-order valence-corrected chi connectivity index (χ2v) is 5.35. The van der Waals surface area contributed by atoms with Crippen molar-refractivity contribution in [2.24, 2.45) is 0 Å². The van der Waals surface area contributed by atoms with Crippen molar-refractivity contribution in [1.29, 1.82) is 0 Å². The molecule has 0 aliphatic carbocycles. The van der Waals surface area contributed by atoms with Crippen molar-refractivity contribution >= 4 is 5.91 Å². The number of aromatic hydroxyl groups is 1. The number of carbonyl (C=O) groups is 1. The Bertz CT molecular complexity index is 592. The van der Waals surface area contributed by atoms with Gasteiger partial charge in [-0.05, 0) is 37.1 Å². The third-order valence-corrected chi connectivity index (χ3v) is 3.97. The number of rotatable bonds is 4. The standard InChI is InChI=1S/C18H21NO2/c1-13(15-7-5-4-6-8-15)18(21)19(3)14(2)16-9-11-17(20)12-10-16/h4-14,20H,1-3H3. The number of carbonyl (C=O) groups excluding carboxylic acids is 1. The Morgan fingerprint density at radius 1 is 0.952 bits per heavy atom. The Labute approximate surface area is 125 Å². The van der Waals surface area contributed by atoms with E-state index in [0.717, 1.165) is 11.1 Å². The van der Waals surface area contributed by atoms with Crippen molar-refractivity contribution in [2.75, 3.05) is 7.05 Å². The van der Waals surface area contributed by atoms with Crippen LogP contribution in [0.1, 0.15) is 36.9 Å². The van der Waals surface area contributed by atoms with Crippen LogP contribution in [0.15, 0.2) is 54.6 Å². The zero-order chi connectivity index (χ0) is 15.4. The molecule has 2 unspecified atom stereocenters. The van der Waals surface area contributed by atoms with Gasteiger partial charge in [0.2, 0.25) is 5.91 Å². The quantitative estimate of drug-likeness (QED) is 0.929. The molecular weight excluding hydrogens is 262 g/mol. The molecule has 0 radical (unpaired) electrons. The summed E-state index contributed by atoms with van der Waals surface area (Å²) in [5.41, 5.74) is 2.02. The van der Waals surface area contributed by atoms with Crippen LogP contribution in [0.2, 0.25) is 0 Å². The summed E-state index contributed by atoms with van der Waals surface area (Å²) in [4.78, 5) is 14.4. The Morgan fingerprint density at radius 3 is 2.10 bits per heavy atom. The molecule has 0 aliphatic rings. The molecule has 110 valence electrons. The van der Waals surface area contributed by atoms with Crippen molar-refractivity contribution in [3.8, 4) is 5.75 Å². The first kappa shape index (κ1) is 15.1. The first-order chi connectivity index (χ1) is 10.0. The largest absolute Gasteiger partial charge is 0.508 e.